The van der Waals surface area contributed by atoms with Crippen molar-refractivity contribution in [3.8, 4) is 5.69 Å². The molecule has 2 aromatic rings. The van der Waals surface area contributed by atoms with Gasteiger partial charge in [-0.3, -0.25) is 0 Å². The Morgan fingerprint density at radius 1 is 1.28 bits per heavy atom. The van der Waals surface area contributed by atoms with Crippen LogP contribution >= 0.6 is 0 Å². The smallest absolute Gasteiger partial charge is 0.306 e. The van der Waals surface area contributed by atoms with Crippen LogP contribution in [0.25, 0.3) is 5.69 Å². The number of nitrogens with one attached hydrogen (secondary N) is 1. The molecule has 0 aliphatic rings. The fraction of sp³-hybridized carbons (Fsp3) is 0.182. The number of aryl methyl sites for hydroxylation is 1. The molecule has 0 saturated carbocycles. The minimum Gasteiger partial charge on any atom is -0.306 e. The number of hydrogen-bond acceptors (Lipinski definition) is 3. The molecule has 0 spiro atoms. The summed E-state index contributed by atoms with van der Waals surface area (Å²) >= 11 is 0. The van der Waals surface area contributed by atoms with Crippen molar-refractivity contribution in [2.45, 2.75) is 13.1 Å². The molecule has 0 saturated heterocycles. The van der Waals surface area contributed by atoms with E-state index in [1.54, 1.807) is 13.1 Å². The van der Waals surface area contributed by atoms with Crippen LogP contribution in [0, 0.1) is 12.5 Å². The predicted molar refractivity (Wildman–Crippen MR) is 58.1 cm³/mol. The third kappa shape index (κ3) is 2.39. The van der Waals surface area contributed by atoms with Gasteiger partial charge in [0.15, 0.2) is 0 Å². The van der Waals surface area contributed by atoms with Crippen LogP contribution in [0.15, 0.2) is 35.8 Å². The van der Waals surface area contributed by atoms with Crippen LogP contribution in [0.5, 0.6) is 0 Å². The van der Waals surface area contributed by atoms with Gasteiger partial charge < -0.3 is 4.57 Å². The summed E-state index contributed by atoms with van der Waals surface area (Å²) in [4.78, 5) is 3.94. The van der Waals surface area contributed by atoms with E-state index >= 15 is 0 Å². The molecule has 94 valence electrons. The number of hydrogen-bond donors (Lipinski definition) is 1. The topological polar surface area (TPSA) is 54.0 Å². The highest BCUT2D eigenvalue weighted by Crippen LogP contribution is 2.33. The summed E-state index contributed by atoms with van der Waals surface area (Å²) in [6.45, 7) is 1.74. The SMILES string of the molecule is Cc1cn(-c2cc(N=N)cc(C(F)(F)F)c2)cn1. The van der Waals surface area contributed by atoms with Gasteiger partial charge in [-0.15, -0.1) is 0 Å². The molecule has 0 aliphatic heterocycles. The Morgan fingerprint density at radius 3 is 2.50 bits per heavy atom. The number of aromatic nitrogens is 2. The molecule has 0 bridgehead atoms. The summed E-state index contributed by atoms with van der Waals surface area (Å²) in [5.74, 6) is 0. The second-order valence-electron chi connectivity index (χ2n) is 3.77. The molecular formula is C11H9F3N4. The first kappa shape index (κ1) is 12.3. The maximum atomic E-state index is 12.7. The average molecular weight is 254 g/mol. The van der Waals surface area contributed by atoms with Crippen molar-refractivity contribution >= 4 is 5.69 Å². The van der Waals surface area contributed by atoms with Gasteiger partial charge in [-0.25, -0.2) is 10.5 Å². The normalized spacial score (nSPS) is 11.6. The summed E-state index contributed by atoms with van der Waals surface area (Å²) in [7, 11) is 0. The molecule has 1 N–H and O–H groups in total. The minimum absolute atomic E-state index is 0.0498. The lowest BCUT2D eigenvalue weighted by Crippen LogP contribution is -2.05. The molecule has 4 nitrogen and oxygen atoms in total. The third-order valence-electron chi connectivity index (χ3n) is 2.37. The van der Waals surface area contributed by atoms with E-state index in [0.29, 0.717) is 5.69 Å². The molecule has 0 atom stereocenters. The van der Waals surface area contributed by atoms with Crippen molar-refractivity contribution in [1.82, 2.24) is 9.55 Å². The van der Waals surface area contributed by atoms with Crippen molar-refractivity contribution in [2.75, 3.05) is 0 Å². The van der Waals surface area contributed by atoms with Crippen LogP contribution in [0.3, 0.4) is 0 Å². The highest BCUT2D eigenvalue weighted by Gasteiger charge is 2.31. The third-order valence-corrected chi connectivity index (χ3v) is 2.37. The molecule has 1 aromatic carbocycles. The van der Waals surface area contributed by atoms with Gasteiger partial charge in [0.2, 0.25) is 0 Å². The molecule has 0 unspecified atom stereocenters. The highest BCUT2D eigenvalue weighted by molar-refractivity contribution is 5.51. The lowest BCUT2D eigenvalue weighted by atomic mass is 10.1. The first-order chi connectivity index (χ1) is 8.40. The largest absolute Gasteiger partial charge is 0.416 e. The fourth-order valence-electron chi connectivity index (χ4n) is 1.53. The Balaban J connectivity index is 2.57. The summed E-state index contributed by atoms with van der Waals surface area (Å²) in [6, 6.07) is 3.22. The quantitative estimate of drug-likeness (QED) is 0.813. The summed E-state index contributed by atoms with van der Waals surface area (Å²) in [6.07, 6.45) is -1.45. The molecule has 2 rings (SSSR count). The Labute approximate surface area is 101 Å². The Hall–Kier alpha value is -2.18. The van der Waals surface area contributed by atoms with E-state index in [9.17, 15) is 13.2 Å². The lowest BCUT2D eigenvalue weighted by Gasteiger charge is -2.10. The van der Waals surface area contributed by atoms with Gasteiger partial charge in [0.1, 0.15) is 0 Å². The second kappa shape index (κ2) is 4.25. The van der Waals surface area contributed by atoms with E-state index in [1.807, 2.05) is 0 Å². The maximum absolute atomic E-state index is 12.7. The van der Waals surface area contributed by atoms with E-state index in [-0.39, 0.29) is 11.4 Å². The molecular weight excluding hydrogens is 245 g/mol. The first-order valence-electron chi connectivity index (χ1n) is 5.01. The second-order valence-corrected chi connectivity index (χ2v) is 3.77. The number of imidazole rings is 1. The van der Waals surface area contributed by atoms with Crippen LogP contribution in [-0.2, 0) is 6.18 Å². The summed E-state index contributed by atoms with van der Waals surface area (Å²) in [5.41, 5.74) is 6.92. The molecule has 0 fully saturated rings. The number of nitrogens with zero attached hydrogens (tertiary/aromatic N) is 3. The van der Waals surface area contributed by atoms with Gasteiger partial charge in [0, 0.05) is 11.9 Å². The lowest BCUT2D eigenvalue weighted by molar-refractivity contribution is -0.137. The summed E-state index contributed by atoms with van der Waals surface area (Å²) < 4.78 is 39.5. The number of halogens is 3. The van der Waals surface area contributed by atoms with E-state index in [2.05, 4.69) is 10.1 Å². The van der Waals surface area contributed by atoms with Crippen LogP contribution in [0.4, 0.5) is 18.9 Å². The predicted octanol–water partition coefficient (Wildman–Crippen LogP) is 3.86. The van der Waals surface area contributed by atoms with E-state index in [4.69, 9.17) is 5.53 Å². The first-order valence-corrected chi connectivity index (χ1v) is 5.01. The van der Waals surface area contributed by atoms with E-state index in [0.717, 1.165) is 12.1 Å². The van der Waals surface area contributed by atoms with Crippen molar-refractivity contribution < 1.29 is 13.2 Å². The van der Waals surface area contributed by atoms with Crippen molar-refractivity contribution in [2.24, 2.45) is 5.11 Å². The number of rotatable bonds is 2. The number of alkyl halides is 3. The Kier molecular flexibility index (Phi) is 2.90. The zero-order valence-corrected chi connectivity index (χ0v) is 9.36. The monoisotopic (exact) mass is 254 g/mol. The molecule has 18 heavy (non-hydrogen) atoms. The van der Waals surface area contributed by atoms with Gasteiger partial charge >= 0.3 is 6.18 Å². The Morgan fingerprint density at radius 2 is 2.00 bits per heavy atom. The fourth-order valence-corrected chi connectivity index (χ4v) is 1.53. The molecule has 0 radical (unpaired) electrons. The van der Waals surface area contributed by atoms with Crippen LogP contribution < -0.4 is 0 Å². The molecule has 7 heteroatoms. The van der Waals surface area contributed by atoms with Crippen molar-refractivity contribution in [3.05, 3.63) is 42.0 Å². The minimum atomic E-state index is -4.47. The molecule has 0 aliphatic carbocycles. The van der Waals surface area contributed by atoms with Gasteiger partial charge in [-0.1, -0.05) is 0 Å². The molecule has 1 heterocycles. The van der Waals surface area contributed by atoms with Crippen molar-refractivity contribution in [3.63, 3.8) is 0 Å². The number of benzene rings is 1. The van der Waals surface area contributed by atoms with Gasteiger partial charge in [0.25, 0.3) is 0 Å². The molecule has 1 aromatic heterocycles. The average Bonchev–Trinajstić information content (AvgIpc) is 2.74. The van der Waals surface area contributed by atoms with E-state index < -0.39 is 11.7 Å². The van der Waals surface area contributed by atoms with Crippen LogP contribution in [0.2, 0.25) is 0 Å². The van der Waals surface area contributed by atoms with Gasteiger partial charge in [-0.2, -0.15) is 18.3 Å². The summed E-state index contributed by atoms with van der Waals surface area (Å²) in [5, 5.41) is 3.05. The van der Waals surface area contributed by atoms with Crippen LogP contribution in [0.1, 0.15) is 11.3 Å². The molecule has 0 amide bonds. The Bertz CT molecular complexity index is 586. The van der Waals surface area contributed by atoms with Crippen LogP contribution in [-0.4, -0.2) is 9.55 Å². The van der Waals surface area contributed by atoms with Gasteiger partial charge in [0.05, 0.1) is 23.3 Å². The van der Waals surface area contributed by atoms with E-state index in [1.165, 1.54) is 17.0 Å². The zero-order valence-electron chi connectivity index (χ0n) is 9.36. The zero-order chi connectivity index (χ0) is 13.3. The standard InChI is InChI=1S/C11H9F3N4/c1-7-5-18(6-16-7)10-3-8(11(12,13)14)2-9(4-10)17-15/h2-6,15H,1H3. The van der Waals surface area contributed by atoms with Crippen molar-refractivity contribution in [1.29, 1.82) is 5.53 Å². The highest BCUT2D eigenvalue weighted by atomic mass is 19.4. The maximum Gasteiger partial charge on any atom is 0.416 e. The van der Waals surface area contributed by atoms with Gasteiger partial charge in [-0.05, 0) is 25.1 Å².